The number of methoxy groups -OCH3 is 1. The molecular formula is C14H16N2O. The highest BCUT2D eigenvalue weighted by Crippen LogP contribution is 2.27. The first-order valence-electron chi connectivity index (χ1n) is 5.47. The highest BCUT2D eigenvalue weighted by molar-refractivity contribution is 5.73. The number of rotatable bonds is 3. The van der Waals surface area contributed by atoms with E-state index in [-0.39, 0.29) is 0 Å². The molecule has 0 saturated heterocycles. The van der Waals surface area contributed by atoms with Gasteiger partial charge in [0, 0.05) is 5.69 Å². The Bertz CT molecular complexity index is 523. The molecule has 0 aliphatic rings. The number of anilines is 3. The Kier molecular flexibility index (Phi) is 3.19. The second-order valence-corrected chi connectivity index (χ2v) is 3.89. The van der Waals surface area contributed by atoms with Crippen molar-refractivity contribution in [2.45, 2.75) is 6.92 Å². The average molecular weight is 228 g/mol. The van der Waals surface area contributed by atoms with E-state index in [1.165, 1.54) is 0 Å². The van der Waals surface area contributed by atoms with Crippen LogP contribution in [0.2, 0.25) is 0 Å². The van der Waals surface area contributed by atoms with Gasteiger partial charge in [-0.15, -0.1) is 0 Å². The van der Waals surface area contributed by atoms with Crippen LogP contribution in [0.4, 0.5) is 17.1 Å². The number of para-hydroxylation sites is 2. The molecule has 2 rings (SSSR count). The van der Waals surface area contributed by atoms with Crippen molar-refractivity contribution >= 4 is 17.1 Å². The predicted octanol–water partition coefficient (Wildman–Crippen LogP) is 3.33. The molecular weight excluding hydrogens is 212 g/mol. The van der Waals surface area contributed by atoms with Crippen LogP contribution in [0.15, 0.2) is 42.5 Å². The van der Waals surface area contributed by atoms with Gasteiger partial charge < -0.3 is 15.8 Å². The van der Waals surface area contributed by atoms with Gasteiger partial charge in [-0.1, -0.05) is 12.1 Å². The van der Waals surface area contributed by atoms with Crippen LogP contribution in [0.25, 0.3) is 0 Å². The lowest BCUT2D eigenvalue weighted by atomic mass is 10.1. The van der Waals surface area contributed by atoms with Gasteiger partial charge in [0.25, 0.3) is 0 Å². The van der Waals surface area contributed by atoms with Crippen molar-refractivity contribution in [1.29, 1.82) is 0 Å². The fraction of sp³-hybridized carbons (Fsp3) is 0.143. The van der Waals surface area contributed by atoms with Crippen LogP contribution in [0.5, 0.6) is 5.75 Å². The van der Waals surface area contributed by atoms with Crippen LogP contribution in [0, 0.1) is 6.92 Å². The van der Waals surface area contributed by atoms with Crippen LogP contribution >= 0.6 is 0 Å². The molecule has 0 spiro atoms. The zero-order valence-electron chi connectivity index (χ0n) is 10.0. The fourth-order valence-electron chi connectivity index (χ4n) is 1.66. The molecule has 0 aliphatic carbocycles. The summed E-state index contributed by atoms with van der Waals surface area (Å²) in [6, 6.07) is 13.6. The normalized spacial score (nSPS) is 10.0. The number of ether oxygens (including phenoxy) is 1. The molecule has 0 aliphatic heterocycles. The summed E-state index contributed by atoms with van der Waals surface area (Å²) >= 11 is 0. The van der Waals surface area contributed by atoms with Crippen molar-refractivity contribution in [3.05, 3.63) is 48.0 Å². The number of aryl methyl sites for hydroxylation is 1. The molecule has 0 unspecified atom stereocenters. The van der Waals surface area contributed by atoms with Crippen LogP contribution in [0.3, 0.4) is 0 Å². The zero-order valence-corrected chi connectivity index (χ0v) is 10.0. The van der Waals surface area contributed by atoms with E-state index in [9.17, 15) is 0 Å². The second kappa shape index (κ2) is 4.78. The van der Waals surface area contributed by atoms with Crippen LogP contribution in [0.1, 0.15) is 5.56 Å². The molecule has 2 aromatic rings. The third kappa shape index (κ3) is 2.50. The number of nitrogens with one attached hydrogen (secondary N) is 1. The first-order valence-corrected chi connectivity index (χ1v) is 5.47. The van der Waals surface area contributed by atoms with Gasteiger partial charge >= 0.3 is 0 Å². The summed E-state index contributed by atoms with van der Waals surface area (Å²) in [7, 11) is 1.66. The second-order valence-electron chi connectivity index (χ2n) is 3.89. The zero-order chi connectivity index (χ0) is 12.3. The smallest absolute Gasteiger partial charge is 0.119 e. The topological polar surface area (TPSA) is 47.3 Å². The molecule has 0 saturated carbocycles. The SMILES string of the molecule is COc1ccc(Nc2ccccc2N)c(C)c1. The van der Waals surface area contributed by atoms with Gasteiger partial charge in [-0.2, -0.15) is 0 Å². The number of benzene rings is 2. The van der Waals surface area contributed by atoms with Gasteiger partial charge in [0.1, 0.15) is 5.75 Å². The number of nitrogens with two attached hydrogens (primary N) is 1. The molecule has 3 nitrogen and oxygen atoms in total. The van der Waals surface area contributed by atoms with E-state index in [1.807, 2.05) is 49.4 Å². The highest BCUT2D eigenvalue weighted by Gasteiger charge is 2.02. The summed E-state index contributed by atoms with van der Waals surface area (Å²) in [4.78, 5) is 0. The van der Waals surface area contributed by atoms with E-state index in [1.54, 1.807) is 7.11 Å². The van der Waals surface area contributed by atoms with Gasteiger partial charge in [-0.05, 0) is 42.8 Å². The third-order valence-corrected chi connectivity index (χ3v) is 2.66. The number of hydrogen-bond acceptors (Lipinski definition) is 3. The summed E-state index contributed by atoms with van der Waals surface area (Å²) in [6.07, 6.45) is 0. The standard InChI is InChI=1S/C14H16N2O/c1-10-9-11(17-2)7-8-13(10)16-14-6-4-3-5-12(14)15/h3-9,16H,15H2,1-2H3. The minimum absolute atomic E-state index is 0.739. The minimum atomic E-state index is 0.739. The summed E-state index contributed by atoms with van der Waals surface area (Å²) in [5.74, 6) is 0.856. The predicted molar refractivity (Wildman–Crippen MR) is 71.9 cm³/mol. The molecule has 3 N–H and O–H groups in total. The van der Waals surface area contributed by atoms with E-state index in [0.29, 0.717) is 0 Å². The van der Waals surface area contributed by atoms with Crippen molar-refractivity contribution in [1.82, 2.24) is 0 Å². The average Bonchev–Trinajstić information content (AvgIpc) is 2.34. The maximum Gasteiger partial charge on any atom is 0.119 e. The maximum atomic E-state index is 5.89. The lowest BCUT2D eigenvalue weighted by molar-refractivity contribution is 0.414. The number of nitrogen functional groups attached to an aromatic ring is 1. The monoisotopic (exact) mass is 228 g/mol. The van der Waals surface area contributed by atoms with E-state index < -0.39 is 0 Å². The van der Waals surface area contributed by atoms with Gasteiger partial charge in [0.05, 0.1) is 18.5 Å². The molecule has 3 heteroatoms. The Morgan fingerprint density at radius 1 is 1.06 bits per heavy atom. The van der Waals surface area contributed by atoms with Crippen molar-refractivity contribution in [2.24, 2.45) is 0 Å². The third-order valence-electron chi connectivity index (χ3n) is 2.66. The van der Waals surface area contributed by atoms with E-state index in [4.69, 9.17) is 10.5 Å². The van der Waals surface area contributed by atoms with Crippen LogP contribution in [-0.4, -0.2) is 7.11 Å². The molecule has 0 atom stereocenters. The molecule has 0 aromatic heterocycles. The first-order chi connectivity index (χ1) is 8.20. The molecule has 0 amide bonds. The molecule has 0 heterocycles. The molecule has 17 heavy (non-hydrogen) atoms. The van der Waals surface area contributed by atoms with E-state index in [2.05, 4.69) is 5.32 Å². The summed E-state index contributed by atoms with van der Waals surface area (Å²) in [5.41, 5.74) is 9.69. The van der Waals surface area contributed by atoms with Crippen molar-refractivity contribution < 1.29 is 4.74 Å². The van der Waals surface area contributed by atoms with Crippen LogP contribution in [-0.2, 0) is 0 Å². The van der Waals surface area contributed by atoms with Crippen LogP contribution < -0.4 is 15.8 Å². The largest absolute Gasteiger partial charge is 0.497 e. The fourth-order valence-corrected chi connectivity index (χ4v) is 1.66. The Balaban J connectivity index is 2.28. The lowest BCUT2D eigenvalue weighted by Gasteiger charge is -2.12. The Morgan fingerprint density at radius 3 is 2.47 bits per heavy atom. The quantitative estimate of drug-likeness (QED) is 0.792. The lowest BCUT2D eigenvalue weighted by Crippen LogP contribution is -1.97. The van der Waals surface area contributed by atoms with Gasteiger partial charge in [-0.3, -0.25) is 0 Å². The highest BCUT2D eigenvalue weighted by atomic mass is 16.5. The summed E-state index contributed by atoms with van der Waals surface area (Å²) < 4.78 is 5.17. The number of hydrogen-bond donors (Lipinski definition) is 2. The van der Waals surface area contributed by atoms with Gasteiger partial charge in [0.2, 0.25) is 0 Å². The van der Waals surface area contributed by atoms with Crippen molar-refractivity contribution in [3.8, 4) is 5.75 Å². The van der Waals surface area contributed by atoms with Crippen molar-refractivity contribution in [2.75, 3.05) is 18.2 Å². The van der Waals surface area contributed by atoms with Gasteiger partial charge in [0.15, 0.2) is 0 Å². The maximum absolute atomic E-state index is 5.89. The molecule has 0 bridgehead atoms. The molecule has 2 aromatic carbocycles. The first kappa shape index (κ1) is 11.3. The van der Waals surface area contributed by atoms with Gasteiger partial charge in [-0.25, -0.2) is 0 Å². The van der Waals surface area contributed by atoms with E-state index in [0.717, 1.165) is 28.4 Å². The summed E-state index contributed by atoms with van der Waals surface area (Å²) in [5, 5.41) is 3.31. The molecule has 0 radical (unpaired) electrons. The Morgan fingerprint density at radius 2 is 1.82 bits per heavy atom. The summed E-state index contributed by atoms with van der Waals surface area (Å²) in [6.45, 7) is 2.03. The molecule has 0 fully saturated rings. The van der Waals surface area contributed by atoms with E-state index >= 15 is 0 Å². The molecule has 88 valence electrons. The Labute approximate surface area is 101 Å². The minimum Gasteiger partial charge on any atom is -0.497 e. The van der Waals surface area contributed by atoms with Crippen molar-refractivity contribution in [3.63, 3.8) is 0 Å². The Hall–Kier alpha value is -2.16.